The van der Waals surface area contributed by atoms with Crippen molar-refractivity contribution in [2.24, 2.45) is 5.41 Å². The number of carbonyl (C=O) groups is 1. The van der Waals surface area contributed by atoms with Gasteiger partial charge in [0, 0.05) is 31.1 Å². The van der Waals surface area contributed by atoms with Gasteiger partial charge in [-0.05, 0) is 6.92 Å². The first-order valence-electron chi connectivity index (χ1n) is 4.94. The van der Waals surface area contributed by atoms with Crippen LogP contribution in [0.25, 0.3) is 0 Å². The fourth-order valence-electron chi connectivity index (χ4n) is 1.57. The molecule has 1 amide bonds. The number of hydrogen-bond donors (Lipinski definition) is 1. The summed E-state index contributed by atoms with van der Waals surface area (Å²) in [4.78, 5) is 13.9. The fourth-order valence-corrected chi connectivity index (χ4v) is 1.57. The molecule has 0 aromatic rings. The zero-order valence-corrected chi connectivity index (χ0v) is 9.05. The summed E-state index contributed by atoms with van der Waals surface area (Å²) < 4.78 is 0. The molecular formula is C10H20N2O. The van der Waals surface area contributed by atoms with Crippen LogP contribution in [0.15, 0.2) is 0 Å². The van der Waals surface area contributed by atoms with Gasteiger partial charge in [0.2, 0.25) is 5.91 Å². The molecule has 1 N–H and O–H groups in total. The van der Waals surface area contributed by atoms with Crippen LogP contribution in [0.5, 0.6) is 0 Å². The maximum absolute atomic E-state index is 11.9. The van der Waals surface area contributed by atoms with Gasteiger partial charge < -0.3 is 10.2 Å². The Bertz CT molecular complexity index is 196. The molecule has 3 heteroatoms. The second-order valence-electron chi connectivity index (χ2n) is 4.80. The Hall–Kier alpha value is -0.570. The van der Waals surface area contributed by atoms with Gasteiger partial charge in [0.1, 0.15) is 0 Å². The van der Waals surface area contributed by atoms with Crippen LogP contribution in [0.4, 0.5) is 0 Å². The molecule has 1 atom stereocenters. The summed E-state index contributed by atoms with van der Waals surface area (Å²) >= 11 is 0. The molecule has 1 heterocycles. The molecule has 1 aliphatic rings. The molecule has 1 aliphatic heterocycles. The Kier molecular flexibility index (Phi) is 2.96. The van der Waals surface area contributed by atoms with Crippen molar-refractivity contribution in [3.63, 3.8) is 0 Å². The molecular weight excluding hydrogens is 164 g/mol. The van der Waals surface area contributed by atoms with E-state index in [-0.39, 0.29) is 11.3 Å². The average molecular weight is 184 g/mol. The van der Waals surface area contributed by atoms with Crippen LogP contribution >= 0.6 is 0 Å². The van der Waals surface area contributed by atoms with E-state index < -0.39 is 0 Å². The van der Waals surface area contributed by atoms with Gasteiger partial charge in [-0.2, -0.15) is 0 Å². The van der Waals surface area contributed by atoms with Crippen LogP contribution in [0.3, 0.4) is 0 Å². The van der Waals surface area contributed by atoms with Crippen LogP contribution in [-0.4, -0.2) is 36.5 Å². The number of amides is 1. The topological polar surface area (TPSA) is 32.3 Å². The first-order valence-corrected chi connectivity index (χ1v) is 4.94. The molecule has 3 nitrogen and oxygen atoms in total. The quantitative estimate of drug-likeness (QED) is 0.605. The standard InChI is InChI=1S/C10H20N2O/c1-8-7-11-5-6-12(8)9(13)10(2,3)4/h8,11H,5-7H2,1-4H3. The zero-order chi connectivity index (χ0) is 10.1. The van der Waals surface area contributed by atoms with Gasteiger partial charge in [0.25, 0.3) is 0 Å². The minimum Gasteiger partial charge on any atom is -0.337 e. The summed E-state index contributed by atoms with van der Waals surface area (Å²) in [6.07, 6.45) is 0. The third-order valence-electron chi connectivity index (χ3n) is 2.40. The lowest BCUT2D eigenvalue weighted by Gasteiger charge is -2.37. The first-order chi connectivity index (χ1) is 5.93. The lowest BCUT2D eigenvalue weighted by Crippen LogP contribution is -2.55. The fraction of sp³-hybridized carbons (Fsp3) is 0.900. The molecule has 1 saturated heterocycles. The Morgan fingerprint density at radius 1 is 1.46 bits per heavy atom. The van der Waals surface area contributed by atoms with Crippen molar-refractivity contribution < 1.29 is 4.79 Å². The van der Waals surface area contributed by atoms with Crippen molar-refractivity contribution in [1.29, 1.82) is 0 Å². The monoisotopic (exact) mass is 184 g/mol. The second-order valence-corrected chi connectivity index (χ2v) is 4.80. The highest BCUT2D eigenvalue weighted by molar-refractivity contribution is 5.81. The molecule has 0 aromatic carbocycles. The molecule has 0 saturated carbocycles. The van der Waals surface area contributed by atoms with E-state index in [1.165, 1.54) is 0 Å². The second kappa shape index (κ2) is 3.66. The van der Waals surface area contributed by atoms with Gasteiger partial charge in [-0.15, -0.1) is 0 Å². The third-order valence-corrected chi connectivity index (χ3v) is 2.40. The van der Waals surface area contributed by atoms with Crippen molar-refractivity contribution in [2.45, 2.75) is 33.7 Å². The van der Waals surface area contributed by atoms with Crippen molar-refractivity contribution in [1.82, 2.24) is 10.2 Å². The lowest BCUT2D eigenvalue weighted by molar-refractivity contribution is -0.142. The summed E-state index contributed by atoms with van der Waals surface area (Å²) in [5.74, 6) is 0.265. The smallest absolute Gasteiger partial charge is 0.228 e. The molecule has 1 fully saturated rings. The Morgan fingerprint density at radius 2 is 2.08 bits per heavy atom. The summed E-state index contributed by atoms with van der Waals surface area (Å²) in [6, 6.07) is 0.334. The lowest BCUT2D eigenvalue weighted by atomic mass is 9.93. The SMILES string of the molecule is CC1CNCCN1C(=O)C(C)(C)C. The highest BCUT2D eigenvalue weighted by Crippen LogP contribution is 2.19. The minimum atomic E-state index is -0.244. The average Bonchev–Trinajstić information content (AvgIpc) is 2.02. The molecule has 0 bridgehead atoms. The predicted molar refractivity (Wildman–Crippen MR) is 53.5 cm³/mol. The third kappa shape index (κ3) is 2.44. The predicted octanol–water partition coefficient (Wildman–Crippen LogP) is 0.853. The van der Waals surface area contributed by atoms with Gasteiger partial charge in [0.05, 0.1) is 0 Å². The number of rotatable bonds is 0. The Morgan fingerprint density at radius 3 is 2.54 bits per heavy atom. The summed E-state index contributed by atoms with van der Waals surface area (Å²) in [6.45, 7) is 10.7. The molecule has 0 aliphatic carbocycles. The van der Waals surface area contributed by atoms with Crippen molar-refractivity contribution >= 4 is 5.91 Å². The first kappa shape index (κ1) is 10.5. The number of hydrogen-bond acceptors (Lipinski definition) is 2. The van der Waals surface area contributed by atoms with Crippen LogP contribution in [0.1, 0.15) is 27.7 Å². The van der Waals surface area contributed by atoms with Gasteiger partial charge in [0.15, 0.2) is 0 Å². The number of carbonyl (C=O) groups excluding carboxylic acids is 1. The van der Waals surface area contributed by atoms with E-state index in [9.17, 15) is 4.79 Å². The van der Waals surface area contributed by atoms with E-state index in [0.717, 1.165) is 19.6 Å². The van der Waals surface area contributed by atoms with E-state index in [1.807, 2.05) is 25.7 Å². The van der Waals surface area contributed by atoms with Crippen molar-refractivity contribution in [3.05, 3.63) is 0 Å². The molecule has 0 spiro atoms. The van der Waals surface area contributed by atoms with Crippen LogP contribution in [-0.2, 0) is 4.79 Å². The van der Waals surface area contributed by atoms with Crippen LogP contribution in [0, 0.1) is 5.41 Å². The molecule has 13 heavy (non-hydrogen) atoms. The summed E-state index contributed by atoms with van der Waals surface area (Å²) in [5, 5.41) is 3.28. The number of piperazine rings is 1. The molecule has 0 aromatic heterocycles. The van der Waals surface area contributed by atoms with Gasteiger partial charge in [-0.1, -0.05) is 20.8 Å². The van der Waals surface area contributed by atoms with Crippen LogP contribution < -0.4 is 5.32 Å². The number of nitrogens with zero attached hydrogens (tertiary/aromatic N) is 1. The minimum absolute atomic E-state index is 0.244. The zero-order valence-electron chi connectivity index (χ0n) is 9.05. The molecule has 1 rings (SSSR count). The highest BCUT2D eigenvalue weighted by atomic mass is 16.2. The van der Waals surface area contributed by atoms with Gasteiger partial charge >= 0.3 is 0 Å². The van der Waals surface area contributed by atoms with Crippen LogP contribution in [0.2, 0.25) is 0 Å². The molecule has 0 radical (unpaired) electrons. The van der Waals surface area contributed by atoms with E-state index >= 15 is 0 Å². The summed E-state index contributed by atoms with van der Waals surface area (Å²) in [5.41, 5.74) is -0.244. The Balaban J connectivity index is 2.64. The van der Waals surface area contributed by atoms with E-state index in [1.54, 1.807) is 0 Å². The molecule has 76 valence electrons. The normalized spacial score (nSPS) is 24.6. The largest absolute Gasteiger partial charge is 0.337 e. The highest BCUT2D eigenvalue weighted by Gasteiger charge is 2.31. The van der Waals surface area contributed by atoms with Gasteiger partial charge in [-0.25, -0.2) is 0 Å². The van der Waals surface area contributed by atoms with E-state index in [0.29, 0.717) is 6.04 Å². The van der Waals surface area contributed by atoms with E-state index in [2.05, 4.69) is 12.2 Å². The van der Waals surface area contributed by atoms with Crippen molar-refractivity contribution in [2.75, 3.05) is 19.6 Å². The molecule has 1 unspecified atom stereocenters. The van der Waals surface area contributed by atoms with Gasteiger partial charge in [-0.3, -0.25) is 4.79 Å². The maximum atomic E-state index is 11.9. The maximum Gasteiger partial charge on any atom is 0.228 e. The summed E-state index contributed by atoms with van der Waals surface area (Å²) in [7, 11) is 0. The van der Waals surface area contributed by atoms with Crippen molar-refractivity contribution in [3.8, 4) is 0 Å². The Labute approximate surface area is 80.5 Å². The number of nitrogens with one attached hydrogen (secondary N) is 1. The van der Waals surface area contributed by atoms with E-state index in [4.69, 9.17) is 0 Å².